The number of anilines is 1. The fraction of sp³-hybridized carbons (Fsp3) is 0.222. The molecule has 0 aliphatic heterocycles. The predicted molar refractivity (Wildman–Crippen MR) is 105 cm³/mol. The van der Waals surface area contributed by atoms with Crippen molar-refractivity contribution in [3.05, 3.63) is 56.4 Å². The molecule has 0 unspecified atom stereocenters. The molecule has 1 amide bonds. The summed E-state index contributed by atoms with van der Waals surface area (Å²) in [5.74, 6) is -0.898. The Morgan fingerprint density at radius 2 is 2.07 bits per heavy atom. The SMILES string of the molecule is CCOC(=O)c1sc2ncn(CC(=O)Nc3ccccc3Cl)c(=O)c2c1C. The maximum atomic E-state index is 12.8. The van der Waals surface area contributed by atoms with Crippen molar-refractivity contribution >= 4 is 50.7 Å². The zero-order valence-corrected chi connectivity index (χ0v) is 16.2. The molecule has 0 saturated carbocycles. The number of aromatic nitrogens is 2. The smallest absolute Gasteiger partial charge is 0.348 e. The lowest BCUT2D eigenvalue weighted by atomic mass is 10.2. The molecule has 2 aromatic heterocycles. The van der Waals surface area contributed by atoms with Crippen molar-refractivity contribution in [1.82, 2.24) is 9.55 Å². The fourth-order valence-electron chi connectivity index (χ4n) is 2.57. The van der Waals surface area contributed by atoms with Gasteiger partial charge in [-0.1, -0.05) is 23.7 Å². The summed E-state index contributed by atoms with van der Waals surface area (Å²) in [6, 6.07) is 6.81. The third-order valence-electron chi connectivity index (χ3n) is 3.84. The number of hydrogen-bond donors (Lipinski definition) is 1. The second-order valence-corrected chi connectivity index (χ2v) is 7.07. The molecule has 0 aliphatic carbocycles. The third kappa shape index (κ3) is 3.86. The van der Waals surface area contributed by atoms with Gasteiger partial charge >= 0.3 is 5.97 Å². The zero-order valence-electron chi connectivity index (χ0n) is 14.6. The Balaban J connectivity index is 1.90. The maximum Gasteiger partial charge on any atom is 0.348 e. The number of para-hydroxylation sites is 1. The molecule has 2 heterocycles. The number of esters is 1. The highest BCUT2D eigenvalue weighted by Gasteiger charge is 2.20. The van der Waals surface area contributed by atoms with E-state index in [1.165, 1.54) is 10.9 Å². The Morgan fingerprint density at radius 1 is 1.33 bits per heavy atom. The van der Waals surface area contributed by atoms with Crippen LogP contribution in [-0.4, -0.2) is 28.0 Å². The molecule has 1 aromatic carbocycles. The number of carbonyl (C=O) groups is 2. The average Bonchev–Trinajstić information content (AvgIpc) is 2.97. The van der Waals surface area contributed by atoms with Crippen molar-refractivity contribution in [3.8, 4) is 0 Å². The topological polar surface area (TPSA) is 90.3 Å². The number of rotatable bonds is 5. The molecule has 0 spiro atoms. The summed E-state index contributed by atoms with van der Waals surface area (Å²) in [5.41, 5.74) is 0.577. The van der Waals surface area contributed by atoms with Gasteiger partial charge in [-0.25, -0.2) is 9.78 Å². The Morgan fingerprint density at radius 3 is 2.78 bits per heavy atom. The molecule has 0 fully saturated rings. The Kier molecular flexibility index (Phi) is 5.57. The number of nitrogens with one attached hydrogen (secondary N) is 1. The molecule has 0 saturated heterocycles. The van der Waals surface area contributed by atoms with Crippen LogP contribution in [0.25, 0.3) is 10.2 Å². The highest BCUT2D eigenvalue weighted by Crippen LogP contribution is 2.27. The van der Waals surface area contributed by atoms with Crippen molar-refractivity contribution in [3.63, 3.8) is 0 Å². The summed E-state index contributed by atoms with van der Waals surface area (Å²) in [5, 5.41) is 3.38. The summed E-state index contributed by atoms with van der Waals surface area (Å²) < 4.78 is 6.21. The van der Waals surface area contributed by atoms with Gasteiger partial charge in [-0.05, 0) is 31.5 Å². The highest BCUT2D eigenvalue weighted by atomic mass is 35.5. The van der Waals surface area contributed by atoms with E-state index in [2.05, 4.69) is 10.3 Å². The van der Waals surface area contributed by atoms with Gasteiger partial charge in [0.25, 0.3) is 5.56 Å². The molecular formula is C18H16ClN3O4S. The average molecular weight is 406 g/mol. The standard InChI is InChI=1S/C18H16ClN3O4S/c1-3-26-18(25)15-10(2)14-16(27-15)20-9-22(17(14)24)8-13(23)21-12-7-5-4-6-11(12)19/h4-7,9H,3,8H2,1-2H3,(H,21,23). The monoisotopic (exact) mass is 405 g/mol. The van der Waals surface area contributed by atoms with Gasteiger partial charge in [0, 0.05) is 0 Å². The van der Waals surface area contributed by atoms with Gasteiger partial charge in [-0.3, -0.25) is 14.2 Å². The van der Waals surface area contributed by atoms with E-state index in [0.29, 0.717) is 31.4 Å². The van der Waals surface area contributed by atoms with Crippen LogP contribution in [0.1, 0.15) is 22.2 Å². The van der Waals surface area contributed by atoms with Gasteiger partial charge in [0.2, 0.25) is 5.91 Å². The Labute approximate surface area is 163 Å². The number of hydrogen-bond acceptors (Lipinski definition) is 6. The number of amides is 1. The molecule has 0 atom stereocenters. The number of aryl methyl sites for hydroxylation is 1. The lowest BCUT2D eigenvalue weighted by molar-refractivity contribution is -0.116. The van der Waals surface area contributed by atoms with Crippen LogP contribution in [0.4, 0.5) is 5.69 Å². The normalized spacial score (nSPS) is 10.8. The van der Waals surface area contributed by atoms with Gasteiger partial charge in [-0.2, -0.15) is 0 Å². The van der Waals surface area contributed by atoms with E-state index in [1.54, 1.807) is 38.1 Å². The summed E-state index contributed by atoms with van der Waals surface area (Å²) in [7, 11) is 0. The van der Waals surface area contributed by atoms with E-state index in [9.17, 15) is 14.4 Å². The van der Waals surface area contributed by atoms with Crippen LogP contribution >= 0.6 is 22.9 Å². The van der Waals surface area contributed by atoms with Gasteiger partial charge in [0.1, 0.15) is 16.3 Å². The minimum absolute atomic E-state index is 0.225. The van der Waals surface area contributed by atoms with Crippen LogP contribution in [-0.2, 0) is 16.1 Å². The first-order chi connectivity index (χ1) is 12.9. The fourth-order valence-corrected chi connectivity index (χ4v) is 3.79. The zero-order chi connectivity index (χ0) is 19.6. The maximum absolute atomic E-state index is 12.8. The minimum Gasteiger partial charge on any atom is -0.462 e. The quantitative estimate of drug-likeness (QED) is 0.658. The van der Waals surface area contributed by atoms with Crippen molar-refractivity contribution < 1.29 is 14.3 Å². The van der Waals surface area contributed by atoms with Crippen LogP contribution < -0.4 is 10.9 Å². The third-order valence-corrected chi connectivity index (χ3v) is 5.35. The predicted octanol–water partition coefficient (Wildman–Crippen LogP) is 3.24. The van der Waals surface area contributed by atoms with Crippen molar-refractivity contribution in [2.75, 3.05) is 11.9 Å². The molecular weight excluding hydrogens is 390 g/mol. The second kappa shape index (κ2) is 7.89. The molecule has 0 bridgehead atoms. The van der Waals surface area contributed by atoms with E-state index < -0.39 is 17.4 Å². The van der Waals surface area contributed by atoms with Crippen LogP contribution in [0.15, 0.2) is 35.4 Å². The summed E-state index contributed by atoms with van der Waals surface area (Å²) in [6.45, 7) is 3.40. The number of ether oxygens (including phenoxy) is 1. The molecule has 27 heavy (non-hydrogen) atoms. The van der Waals surface area contributed by atoms with Crippen LogP contribution in [0.3, 0.4) is 0 Å². The number of benzene rings is 1. The highest BCUT2D eigenvalue weighted by molar-refractivity contribution is 7.20. The lowest BCUT2D eigenvalue weighted by Gasteiger charge is -2.08. The first-order valence-corrected chi connectivity index (χ1v) is 9.31. The largest absolute Gasteiger partial charge is 0.462 e. The van der Waals surface area contributed by atoms with Gasteiger partial charge in [0.05, 0.1) is 29.0 Å². The van der Waals surface area contributed by atoms with E-state index in [0.717, 1.165) is 11.3 Å². The molecule has 140 valence electrons. The van der Waals surface area contributed by atoms with Crippen molar-refractivity contribution in [2.24, 2.45) is 0 Å². The van der Waals surface area contributed by atoms with E-state index in [4.69, 9.17) is 16.3 Å². The molecule has 0 radical (unpaired) electrons. The summed E-state index contributed by atoms with van der Waals surface area (Å²) in [6.07, 6.45) is 1.29. The minimum atomic E-state index is -0.486. The molecule has 1 N–H and O–H groups in total. The van der Waals surface area contributed by atoms with Gasteiger partial charge in [-0.15, -0.1) is 11.3 Å². The van der Waals surface area contributed by atoms with Crippen molar-refractivity contribution in [1.29, 1.82) is 0 Å². The van der Waals surface area contributed by atoms with E-state index >= 15 is 0 Å². The Bertz CT molecular complexity index is 1090. The Hall–Kier alpha value is -2.71. The summed E-state index contributed by atoms with van der Waals surface area (Å²) >= 11 is 7.12. The number of halogens is 1. The first-order valence-electron chi connectivity index (χ1n) is 8.12. The number of carbonyl (C=O) groups excluding carboxylic acids is 2. The number of nitrogens with zero attached hydrogens (tertiary/aromatic N) is 2. The molecule has 7 nitrogen and oxygen atoms in total. The van der Waals surface area contributed by atoms with Gasteiger partial charge in [0.15, 0.2) is 0 Å². The second-order valence-electron chi connectivity index (χ2n) is 5.66. The molecule has 3 aromatic rings. The number of fused-ring (bicyclic) bond motifs is 1. The summed E-state index contributed by atoms with van der Waals surface area (Å²) in [4.78, 5) is 42.1. The van der Waals surface area contributed by atoms with Gasteiger partial charge < -0.3 is 10.1 Å². The molecule has 0 aliphatic rings. The number of thiophene rings is 1. The molecule has 3 rings (SSSR count). The first kappa shape index (κ1) is 19.1. The van der Waals surface area contributed by atoms with Crippen LogP contribution in [0, 0.1) is 6.92 Å². The molecule has 9 heteroatoms. The van der Waals surface area contributed by atoms with Crippen LogP contribution in [0.5, 0.6) is 0 Å². The van der Waals surface area contributed by atoms with Crippen molar-refractivity contribution in [2.45, 2.75) is 20.4 Å². The van der Waals surface area contributed by atoms with E-state index in [1.807, 2.05) is 0 Å². The lowest BCUT2D eigenvalue weighted by Crippen LogP contribution is -2.28. The van der Waals surface area contributed by atoms with Crippen LogP contribution in [0.2, 0.25) is 5.02 Å². The van der Waals surface area contributed by atoms with E-state index in [-0.39, 0.29) is 13.2 Å².